The lowest BCUT2D eigenvalue weighted by Gasteiger charge is -2.02. The maximum Gasteiger partial charge on any atom is 0.144 e. The SMILES string of the molecule is NNc1cc(Br)nc(C2CC2)n1. The van der Waals surface area contributed by atoms with E-state index in [-0.39, 0.29) is 0 Å². The standard InChI is InChI=1S/C7H9BrN4/c8-5-3-6(12-9)11-7(10-5)4-1-2-4/h3-4H,1-2,9H2,(H,10,11,12). The molecule has 1 heterocycles. The Morgan fingerprint density at radius 3 is 2.83 bits per heavy atom. The third-order valence-electron chi connectivity index (χ3n) is 1.80. The lowest BCUT2D eigenvalue weighted by molar-refractivity contribution is 0.914. The van der Waals surface area contributed by atoms with Crippen LogP contribution in [-0.4, -0.2) is 9.97 Å². The minimum Gasteiger partial charge on any atom is -0.308 e. The fourth-order valence-electron chi connectivity index (χ4n) is 1.03. The van der Waals surface area contributed by atoms with Crippen LogP contribution in [0.4, 0.5) is 5.82 Å². The average Bonchev–Trinajstić information content (AvgIpc) is 2.85. The second-order valence-corrected chi connectivity index (χ2v) is 3.67. The van der Waals surface area contributed by atoms with Gasteiger partial charge >= 0.3 is 0 Å². The normalized spacial score (nSPS) is 16.2. The van der Waals surface area contributed by atoms with Gasteiger partial charge in [-0.05, 0) is 28.8 Å². The zero-order chi connectivity index (χ0) is 8.55. The number of hydrazine groups is 1. The molecule has 1 aliphatic carbocycles. The number of nitrogens with one attached hydrogen (secondary N) is 1. The lowest BCUT2D eigenvalue weighted by atomic mass is 10.4. The molecular formula is C7H9BrN4. The first-order valence-corrected chi connectivity index (χ1v) is 4.60. The molecule has 64 valence electrons. The lowest BCUT2D eigenvalue weighted by Crippen LogP contribution is -2.10. The van der Waals surface area contributed by atoms with Gasteiger partial charge in [0.15, 0.2) is 0 Å². The molecule has 3 N–H and O–H groups in total. The maximum atomic E-state index is 5.25. The topological polar surface area (TPSA) is 63.8 Å². The largest absolute Gasteiger partial charge is 0.308 e. The van der Waals surface area contributed by atoms with Gasteiger partial charge in [0.2, 0.25) is 0 Å². The van der Waals surface area contributed by atoms with Crippen LogP contribution in [0.2, 0.25) is 0 Å². The van der Waals surface area contributed by atoms with Crippen molar-refractivity contribution in [2.45, 2.75) is 18.8 Å². The predicted octanol–water partition coefficient (Wildman–Crippen LogP) is 1.40. The molecule has 1 fully saturated rings. The number of nitrogens with zero attached hydrogens (tertiary/aromatic N) is 2. The third kappa shape index (κ3) is 1.56. The molecule has 1 aromatic heterocycles. The zero-order valence-electron chi connectivity index (χ0n) is 6.42. The molecule has 2 rings (SSSR count). The molecule has 0 aliphatic heterocycles. The van der Waals surface area contributed by atoms with Crippen molar-refractivity contribution in [1.29, 1.82) is 0 Å². The van der Waals surface area contributed by atoms with E-state index in [2.05, 4.69) is 31.3 Å². The fourth-order valence-corrected chi connectivity index (χ4v) is 1.43. The highest BCUT2D eigenvalue weighted by Crippen LogP contribution is 2.38. The van der Waals surface area contributed by atoms with Crippen LogP contribution < -0.4 is 11.3 Å². The molecule has 4 nitrogen and oxygen atoms in total. The van der Waals surface area contributed by atoms with E-state index >= 15 is 0 Å². The molecular weight excluding hydrogens is 220 g/mol. The van der Waals surface area contributed by atoms with Crippen molar-refractivity contribution in [2.75, 3.05) is 5.43 Å². The number of nitrogens with two attached hydrogens (primary N) is 1. The molecule has 1 aliphatic rings. The van der Waals surface area contributed by atoms with Gasteiger partial charge in [0, 0.05) is 12.0 Å². The first-order valence-electron chi connectivity index (χ1n) is 3.80. The van der Waals surface area contributed by atoms with Gasteiger partial charge in [0.05, 0.1) is 0 Å². The highest BCUT2D eigenvalue weighted by Gasteiger charge is 2.27. The summed E-state index contributed by atoms with van der Waals surface area (Å²) in [7, 11) is 0. The minimum atomic E-state index is 0.551. The van der Waals surface area contributed by atoms with Crippen LogP contribution in [0.5, 0.6) is 0 Å². The van der Waals surface area contributed by atoms with Crippen molar-refractivity contribution in [3.63, 3.8) is 0 Å². The van der Waals surface area contributed by atoms with Crippen LogP contribution in [0.25, 0.3) is 0 Å². The Morgan fingerprint density at radius 2 is 2.25 bits per heavy atom. The second kappa shape index (κ2) is 2.99. The van der Waals surface area contributed by atoms with E-state index in [1.165, 1.54) is 12.8 Å². The van der Waals surface area contributed by atoms with Gasteiger partial charge < -0.3 is 5.43 Å². The molecule has 0 bridgehead atoms. The summed E-state index contributed by atoms with van der Waals surface area (Å²) >= 11 is 3.30. The van der Waals surface area contributed by atoms with Gasteiger partial charge in [0.25, 0.3) is 0 Å². The number of halogens is 1. The Morgan fingerprint density at radius 1 is 1.50 bits per heavy atom. The highest BCUT2D eigenvalue weighted by molar-refractivity contribution is 9.10. The zero-order valence-corrected chi connectivity index (χ0v) is 8.00. The Hall–Kier alpha value is -0.680. The van der Waals surface area contributed by atoms with E-state index in [0.717, 1.165) is 10.4 Å². The molecule has 0 saturated heterocycles. The Labute approximate surface area is 78.7 Å². The quantitative estimate of drug-likeness (QED) is 0.457. The molecule has 0 aromatic carbocycles. The van der Waals surface area contributed by atoms with Gasteiger partial charge in [-0.15, -0.1) is 0 Å². The van der Waals surface area contributed by atoms with E-state index in [4.69, 9.17) is 5.84 Å². The van der Waals surface area contributed by atoms with Crippen LogP contribution in [0.3, 0.4) is 0 Å². The van der Waals surface area contributed by atoms with Gasteiger partial charge in [-0.1, -0.05) is 0 Å². The fraction of sp³-hybridized carbons (Fsp3) is 0.429. The molecule has 0 spiro atoms. The first kappa shape index (κ1) is 7.94. The third-order valence-corrected chi connectivity index (χ3v) is 2.21. The van der Waals surface area contributed by atoms with Crippen LogP contribution >= 0.6 is 15.9 Å². The summed E-state index contributed by atoms with van der Waals surface area (Å²) < 4.78 is 0.785. The summed E-state index contributed by atoms with van der Waals surface area (Å²) in [6.45, 7) is 0. The van der Waals surface area contributed by atoms with E-state index < -0.39 is 0 Å². The van der Waals surface area contributed by atoms with Crippen molar-refractivity contribution >= 4 is 21.7 Å². The Bertz CT molecular complexity index is 297. The molecule has 1 aromatic rings. The van der Waals surface area contributed by atoms with Gasteiger partial charge in [-0.3, -0.25) is 0 Å². The smallest absolute Gasteiger partial charge is 0.144 e. The van der Waals surface area contributed by atoms with Gasteiger partial charge in [-0.2, -0.15) is 0 Å². The van der Waals surface area contributed by atoms with Crippen LogP contribution in [-0.2, 0) is 0 Å². The molecule has 5 heteroatoms. The second-order valence-electron chi connectivity index (χ2n) is 2.85. The van der Waals surface area contributed by atoms with Crippen LogP contribution in [0, 0.1) is 0 Å². The van der Waals surface area contributed by atoms with E-state index in [1.54, 1.807) is 6.07 Å². The number of nitrogen functional groups attached to an aromatic ring is 1. The minimum absolute atomic E-state index is 0.551. The number of rotatable bonds is 2. The summed E-state index contributed by atoms with van der Waals surface area (Å²) in [6, 6.07) is 1.76. The molecule has 0 amide bonds. The molecule has 12 heavy (non-hydrogen) atoms. The van der Waals surface area contributed by atoms with Crippen molar-refractivity contribution in [1.82, 2.24) is 9.97 Å². The average molecular weight is 229 g/mol. The number of aromatic nitrogens is 2. The van der Waals surface area contributed by atoms with Crippen molar-refractivity contribution in [3.8, 4) is 0 Å². The summed E-state index contributed by atoms with van der Waals surface area (Å²) in [6.07, 6.45) is 2.39. The molecule has 1 saturated carbocycles. The molecule has 0 unspecified atom stereocenters. The molecule has 0 radical (unpaired) electrons. The Kier molecular flexibility index (Phi) is 1.98. The predicted molar refractivity (Wildman–Crippen MR) is 49.5 cm³/mol. The van der Waals surface area contributed by atoms with Crippen LogP contribution in [0.1, 0.15) is 24.6 Å². The van der Waals surface area contributed by atoms with Gasteiger partial charge in [0.1, 0.15) is 16.2 Å². The van der Waals surface area contributed by atoms with E-state index in [0.29, 0.717) is 11.7 Å². The first-order chi connectivity index (χ1) is 5.79. The van der Waals surface area contributed by atoms with Gasteiger partial charge in [-0.25, -0.2) is 15.8 Å². The number of hydrogen-bond donors (Lipinski definition) is 2. The maximum absolute atomic E-state index is 5.25. The highest BCUT2D eigenvalue weighted by atomic mass is 79.9. The number of anilines is 1. The Balaban J connectivity index is 2.34. The van der Waals surface area contributed by atoms with Crippen molar-refractivity contribution < 1.29 is 0 Å². The van der Waals surface area contributed by atoms with Crippen LogP contribution in [0.15, 0.2) is 10.7 Å². The monoisotopic (exact) mass is 228 g/mol. The number of hydrogen-bond acceptors (Lipinski definition) is 4. The van der Waals surface area contributed by atoms with E-state index in [9.17, 15) is 0 Å². The summed E-state index contributed by atoms with van der Waals surface area (Å²) in [5, 5.41) is 0. The van der Waals surface area contributed by atoms with Crippen molar-refractivity contribution in [3.05, 3.63) is 16.5 Å². The summed E-state index contributed by atoms with van der Waals surface area (Å²) in [5.41, 5.74) is 2.51. The van der Waals surface area contributed by atoms with Crippen molar-refractivity contribution in [2.24, 2.45) is 5.84 Å². The molecule has 0 atom stereocenters. The summed E-state index contributed by atoms with van der Waals surface area (Å²) in [4.78, 5) is 8.49. The van der Waals surface area contributed by atoms with E-state index in [1.807, 2.05) is 0 Å². The summed E-state index contributed by atoms with van der Waals surface area (Å²) in [5.74, 6) is 7.35.